The van der Waals surface area contributed by atoms with Gasteiger partial charge in [-0.2, -0.15) is 4.99 Å². The average Bonchev–Trinajstić information content (AvgIpc) is 3.31. The number of aromatic hydroxyl groups is 1. The minimum absolute atomic E-state index is 0.153. The van der Waals surface area contributed by atoms with Crippen LogP contribution in [-0.4, -0.2) is 26.1 Å². The minimum Gasteiger partial charge on any atom is -0.493 e. The fourth-order valence-corrected chi connectivity index (χ4v) is 4.21. The van der Waals surface area contributed by atoms with Crippen molar-refractivity contribution in [2.45, 2.75) is 13.5 Å². The molecule has 1 aliphatic rings. The van der Waals surface area contributed by atoms with E-state index in [9.17, 15) is 5.11 Å². The van der Waals surface area contributed by atoms with Gasteiger partial charge in [-0.25, -0.2) is 0 Å². The highest BCUT2D eigenvalue weighted by Gasteiger charge is 2.15. The highest BCUT2D eigenvalue weighted by molar-refractivity contribution is 7.15. The molecule has 0 saturated heterocycles. The Bertz CT molecular complexity index is 1120. The molecule has 8 heteroatoms. The van der Waals surface area contributed by atoms with Gasteiger partial charge in [-0.05, 0) is 19.1 Å². The molecule has 0 unspecified atom stereocenters. The quantitative estimate of drug-likeness (QED) is 0.692. The van der Waals surface area contributed by atoms with E-state index in [2.05, 4.69) is 26.8 Å². The topological polar surface area (TPSA) is 75.7 Å². The van der Waals surface area contributed by atoms with Crippen molar-refractivity contribution in [2.24, 2.45) is 9.98 Å². The second-order valence-electron chi connectivity index (χ2n) is 5.56. The van der Waals surface area contributed by atoms with Crippen molar-refractivity contribution >= 4 is 51.4 Å². The lowest BCUT2D eigenvalue weighted by atomic mass is 10.1. The van der Waals surface area contributed by atoms with Crippen LogP contribution in [-0.2, 0) is 6.54 Å². The first kappa shape index (κ1) is 16.6. The fourth-order valence-electron chi connectivity index (χ4n) is 2.60. The van der Waals surface area contributed by atoms with Gasteiger partial charge >= 0.3 is 0 Å². The number of rotatable bonds is 4. The average molecular weight is 381 g/mol. The zero-order valence-corrected chi connectivity index (χ0v) is 15.6. The zero-order valence-electron chi connectivity index (χ0n) is 14.0. The highest BCUT2D eigenvalue weighted by atomic mass is 32.1. The second kappa shape index (κ2) is 6.81. The molecule has 4 rings (SSSR count). The Kier molecular flexibility index (Phi) is 4.36. The monoisotopic (exact) mass is 381 g/mol. The number of aromatic nitrogens is 3. The van der Waals surface area contributed by atoms with Crippen molar-refractivity contribution in [1.29, 1.82) is 0 Å². The Balaban J connectivity index is 1.82. The molecule has 0 saturated carbocycles. The van der Waals surface area contributed by atoms with Crippen LogP contribution in [0.1, 0.15) is 15.4 Å². The number of nitrogens with zero attached hydrogens (tertiary/aromatic N) is 5. The first-order valence-corrected chi connectivity index (χ1v) is 9.52. The Morgan fingerprint density at radius 3 is 2.88 bits per heavy atom. The minimum atomic E-state index is 0.153. The molecule has 1 aliphatic heterocycles. The van der Waals surface area contributed by atoms with Crippen molar-refractivity contribution in [3.05, 3.63) is 57.2 Å². The van der Waals surface area contributed by atoms with Gasteiger partial charge in [0.2, 0.25) is 11.0 Å². The van der Waals surface area contributed by atoms with Crippen LogP contribution >= 0.6 is 22.7 Å². The summed E-state index contributed by atoms with van der Waals surface area (Å²) in [5.41, 5.74) is 2.94. The predicted octanol–water partition coefficient (Wildman–Crippen LogP) is 4.09. The first-order chi connectivity index (χ1) is 12.7. The van der Waals surface area contributed by atoms with Crippen LogP contribution in [0.4, 0.5) is 10.8 Å². The van der Waals surface area contributed by atoms with Crippen LogP contribution in [0.2, 0.25) is 0 Å². The largest absolute Gasteiger partial charge is 0.493 e. The predicted molar refractivity (Wildman–Crippen MR) is 107 cm³/mol. The van der Waals surface area contributed by atoms with E-state index < -0.39 is 0 Å². The van der Waals surface area contributed by atoms with E-state index in [-0.39, 0.29) is 5.88 Å². The van der Waals surface area contributed by atoms with Gasteiger partial charge in [-0.3, -0.25) is 9.56 Å². The number of aryl methyl sites for hydroxylation is 1. The van der Waals surface area contributed by atoms with E-state index in [0.29, 0.717) is 21.4 Å². The smallest absolute Gasteiger partial charge is 0.234 e. The molecule has 26 heavy (non-hydrogen) atoms. The van der Waals surface area contributed by atoms with Gasteiger partial charge in [0.05, 0.1) is 10.6 Å². The Hall–Kier alpha value is -2.84. The molecule has 1 aromatic carbocycles. The summed E-state index contributed by atoms with van der Waals surface area (Å²) in [7, 11) is 0. The van der Waals surface area contributed by atoms with E-state index in [1.54, 1.807) is 10.6 Å². The molecule has 0 radical (unpaired) electrons. The van der Waals surface area contributed by atoms with Gasteiger partial charge in [0, 0.05) is 23.9 Å². The van der Waals surface area contributed by atoms with Crippen LogP contribution in [0.25, 0.3) is 11.6 Å². The third-order valence-electron chi connectivity index (χ3n) is 3.77. The van der Waals surface area contributed by atoms with Crippen LogP contribution in [0.5, 0.6) is 5.88 Å². The zero-order chi connectivity index (χ0) is 18.1. The maximum absolute atomic E-state index is 10.7. The lowest BCUT2D eigenvalue weighted by Gasteiger charge is -2.01. The van der Waals surface area contributed by atoms with Crippen molar-refractivity contribution in [1.82, 2.24) is 14.8 Å². The third kappa shape index (κ3) is 3.04. The number of allylic oxidation sites excluding steroid dienone is 2. The van der Waals surface area contributed by atoms with Gasteiger partial charge in [0.25, 0.3) is 0 Å². The normalized spacial score (nSPS) is 15.0. The number of benzene rings is 1. The Morgan fingerprint density at radius 2 is 2.12 bits per heavy atom. The highest BCUT2D eigenvalue weighted by Crippen LogP contribution is 2.34. The molecule has 0 atom stereocenters. The second-order valence-corrected chi connectivity index (χ2v) is 7.73. The summed E-state index contributed by atoms with van der Waals surface area (Å²) in [6.45, 7) is 6.09. The summed E-state index contributed by atoms with van der Waals surface area (Å²) in [6.07, 6.45) is 5.46. The molecule has 0 aliphatic carbocycles. The molecule has 2 aromatic heterocycles. The van der Waals surface area contributed by atoms with Crippen LogP contribution in [0, 0.1) is 6.92 Å². The molecule has 3 heterocycles. The molecule has 6 nitrogen and oxygen atoms in total. The van der Waals surface area contributed by atoms with E-state index in [1.165, 1.54) is 22.7 Å². The summed E-state index contributed by atoms with van der Waals surface area (Å²) in [6, 6.07) is 7.93. The summed E-state index contributed by atoms with van der Waals surface area (Å²) >= 11 is 2.80. The standard InChI is InChI=1S/C18H15N5OS2/c1-3-8-23-16(24)15(26-18(23)20-17-22-21-11(2)25-17)9-12-10-19-14-7-5-4-6-13(12)14/h3-7,9-10,24H,1,8H2,2H3/b12-9+,20-18+. The van der Waals surface area contributed by atoms with Crippen molar-refractivity contribution in [3.63, 3.8) is 0 Å². The number of fused-ring (bicyclic) bond motifs is 1. The Morgan fingerprint density at radius 1 is 1.27 bits per heavy atom. The molecule has 0 fully saturated rings. The van der Waals surface area contributed by atoms with Crippen molar-refractivity contribution in [3.8, 4) is 5.88 Å². The van der Waals surface area contributed by atoms with E-state index in [0.717, 1.165) is 21.8 Å². The summed E-state index contributed by atoms with van der Waals surface area (Å²) < 4.78 is 1.71. The van der Waals surface area contributed by atoms with Crippen LogP contribution < -0.4 is 4.80 Å². The first-order valence-electron chi connectivity index (χ1n) is 7.89. The van der Waals surface area contributed by atoms with Gasteiger partial charge in [0.15, 0.2) is 4.80 Å². The molecule has 0 bridgehead atoms. The number of aliphatic imine (C=N–C) groups is 1. The molecule has 130 valence electrons. The Labute approximate surface area is 157 Å². The number of hydrogen-bond donors (Lipinski definition) is 1. The van der Waals surface area contributed by atoms with Gasteiger partial charge in [0.1, 0.15) is 5.01 Å². The summed E-state index contributed by atoms with van der Waals surface area (Å²) in [5, 5.41) is 20.1. The number of thiazole rings is 1. The van der Waals surface area contributed by atoms with Gasteiger partial charge in [-0.1, -0.05) is 46.9 Å². The van der Waals surface area contributed by atoms with Crippen LogP contribution in [0.3, 0.4) is 0 Å². The number of para-hydroxylation sites is 1. The fraction of sp³-hybridized carbons (Fsp3) is 0.111. The maximum Gasteiger partial charge on any atom is 0.234 e. The van der Waals surface area contributed by atoms with Gasteiger partial charge < -0.3 is 5.11 Å². The van der Waals surface area contributed by atoms with E-state index in [1.807, 2.05) is 43.5 Å². The number of hydrogen-bond acceptors (Lipinski definition) is 7. The van der Waals surface area contributed by atoms with Crippen molar-refractivity contribution in [2.75, 3.05) is 0 Å². The lowest BCUT2D eigenvalue weighted by molar-refractivity contribution is 0.421. The molecular weight excluding hydrogens is 366 g/mol. The van der Waals surface area contributed by atoms with Crippen molar-refractivity contribution < 1.29 is 5.11 Å². The lowest BCUT2D eigenvalue weighted by Crippen LogP contribution is -2.12. The van der Waals surface area contributed by atoms with Gasteiger partial charge in [-0.15, -0.1) is 16.8 Å². The molecule has 0 amide bonds. The maximum atomic E-state index is 10.7. The summed E-state index contributed by atoms with van der Waals surface area (Å²) in [4.78, 5) is 10.3. The molecule has 1 N–H and O–H groups in total. The molecular formula is C18H15N5OS2. The summed E-state index contributed by atoms with van der Waals surface area (Å²) in [5.74, 6) is 0.153. The van der Waals surface area contributed by atoms with Crippen LogP contribution in [0.15, 0.2) is 46.9 Å². The van der Waals surface area contributed by atoms with E-state index in [4.69, 9.17) is 0 Å². The molecule has 0 spiro atoms. The van der Waals surface area contributed by atoms with E-state index >= 15 is 0 Å². The molecule has 3 aromatic rings. The SMILES string of the molecule is C=CCn1c(O)c(/C=C2\C=Nc3ccccc32)s/c1=N/c1nnc(C)s1. The third-order valence-corrected chi connectivity index (χ3v) is 5.52.